The second kappa shape index (κ2) is 4.59. The lowest BCUT2D eigenvalue weighted by Crippen LogP contribution is -2.36. The smallest absolute Gasteiger partial charge is 0.410 e. The molecule has 1 aliphatic rings. The fourth-order valence-electron chi connectivity index (χ4n) is 2.10. The lowest BCUT2D eigenvalue weighted by molar-refractivity contribution is 0.0218. The molecule has 0 radical (unpaired) electrons. The summed E-state index contributed by atoms with van der Waals surface area (Å²) in [5.74, 6) is 1.51. The molecule has 2 heterocycles. The Balaban J connectivity index is 2.10. The van der Waals surface area contributed by atoms with E-state index in [1.54, 1.807) is 4.90 Å². The van der Waals surface area contributed by atoms with E-state index in [2.05, 4.69) is 15.2 Å². The monoisotopic (exact) mass is 252 g/mol. The Morgan fingerprint density at radius 3 is 2.72 bits per heavy atom. The molecule has 2 rings (SSSR count). The van der Waals surface area contributed by atoms with Gasteiger partial charge in [0, 0.05) is 6.54 Å². The maximum atomic E-state index is 12.1. The SMILES string of the molecule is Cc1nnc([C@@H]2CCCN2C(=O)OC(C)(C)C)[nH]1. The van der Waals surface area contributed by atoms with Crippen LogP contribution in [0.4, 0.5) is 4.79 Å². The molecular formula is C12H20N4O2. The molecule has 1 N–H and O–H groups in total. The summed E-state index contributed by atoms with van der Waals surface area (Å²) in [6.45, 7) is 8.17. The predicted octanol–water partition coefficient (Wildman–Crippen LogP) is 2.19. The van der Waals surface area contributed by atoms with Gasteiger partial charge in [-0.3, -0.25) is 4.90 Å². The standard InChI is InChI=1S/C12H20N4O2/c1-8-13-10(15-14-8)9-6-5-7-16(9)11(17)18-12(2,3)4/h9H,5-7H2,1-4H3,(H,13,14,15)/t9-/m0/s1. The molecule has 0 unspecified atom stereocenters. The third-order valence-electron chi connectivity index (χ3n) is 2.81. The van der Waals surface area contributed by atoms with Crippen molar-refractivity contribution in [1.29, 1.82) is 0 Å². The fraction of sp³-hybridized carbons (Fsp3) is 0.750. The van der Waals surface area contributed by atoms with Gasteiger partial charge in [-0.25, -0.2) is 4.79 Å². The number of nitrogens with zero attached hydrogens (tertiary/aromatic N) is 3. The number of ether oxygens (including phenoxy) is 1. The van der Waals surface area contributed by atoms with Gasteiger partial charge >= 0.3 is 6.09 Å². The van der Waals surface area contributed by atoms with Gasteiger partial charge in [0.2, 0.25) is 0 Å². The van der Waals surface area contributed by atoms with E-state index in [0.29, 0.717) is 6.54 Å². The van der Waals surface area contributed by atoms with Crippen LogP contribution in [0.5, 0.6) is 0 Å². The van der Waals surface area contributed by atoms with E-state index >= 15 is 0 Å². The Morgan fingerprint density at radius 1 is 1.44 bits per heavy atom. The average Bonchev–Trinajstić information content (AvgIpc) is 2.81. The van der Waals surface area contributed by atoms with E-state index in [9.17, 15) is 4.79 Å². The molecule has 6 nitrogen and oxygen atoms in total. The number of amides is 1. The predicted molar refractivity (Wildman–Crippen MR) is 66.0 cm³/mol. The van der Waals surface area contributed by atoms with Crippen molar-refractivity contribution >= 4 is 6.09 Å². The van der Waals surface area contributed by atoms with Crippen molar-refractivity contribution in [3.05, 3.63) is 11.6 Å². The van der Waals surface area contributed by atoms with Crippen LogP contribution in [0.1, 0.15) is 51.3 Å². The van der Waals surface area contributed by atoms with E-state index in [1.165, 1.54) is 0 Å². The molecule has 1 aromatic heterocycles. The first-order chi connectivity index (χ1) is 8.37. The van der Waals surface area contributed by atoms with Crippen LogP contribution in [0.3, 0.4) is 0 Å². The van der Waals surface area contributed by atoms with Gasteiger partial charge in [-0.05, 0) is 40.5 Å². The molecule has 1 aliphatic heterocycles. The van der Waals surface area contributed by atoms with Crippen molar-refractivity contribution < 1.29 is 9.53 Å². The van der Waals surface area contributed by atoms with Gasteiger partial charge in [0.15, 0.2) is 5.82 Å². The molecule has 0 bridgehead atoms. The van der Waals surface area contributed by atoms with Crippen molar-refractivity contribution in [2.45, 2.75) is 52.2 Å². The average molecular weight is 252 g/mol. The van der Waals surface area contributed by atoms with Crippen molar-refractivity contribution in [3.63, 3.8) is 0 Å². The zero-order chi connectivity index (χ0) is 13.3. The largest absolute Gasteiger partial charge is 0.444 e. The molecule has 18 heavy (non-hydrogen) atoms. The molecule has 6 heteroatoms. The minimum absolute atomic E-state index is 0.0407. The zero-order valence-electron chi connectivity index (χ0n) is 11.4. The van der Waals surface area contributed by atoms with Crippen LogP contribution in [0.2, 0.25) is 0 Å². The van der Waals surface area contributed by atoms with Crippen molar-refractivity contribution in [2.75, 3.05) is 6.54 Å². The topological polar surface area (TPSA) is 71.1 Å². The Morgan fingerprint density at radius 2 is 2.17 bits per heavy atom. The molecule has 1 amide bonds. The molecular weight excluding hydrogens is 232 g/mol. The Labute approximate surface area is 107 Å². The van der Waals surface area contributed by atoms with Gasteiger partial charge in [-0.1, -0.05) is 0 Å². The first-order valence-electron chi connectivity index (χ1n) is 6.25. The number of carbonyl (C=O) groups excluding carboxylic acids is 1. The van der Waals surface area contributed by atoms with Crippen molar-refractivity contribution in [3.8, 4) is 0 Å². The fourth-order valence-corrected chi connectivity index (χ4v) is 2.10. The number of aromatic amines is 1. The number of carbonyl (C=O) groups is 1. The van der Waals surface area contributed by atoms with Crippen LogP contribution >= 0.6 is 0 Å². The number of hydrogen-bond acceptors (Lipinski definition) is 4. The maximum absolute atomic E-state index is 12.1. The number of nitrogens with one attached hydrogen (secondary N) is 1. The van der Waals surface area contributed by atoms with Gasteiger partial charge in [0.05, 0.1) is 6.04 Å². The lowest BCUT2D eigenvalue weighted by atomic mass is 10.2. The second-order valence-corrected chi connectivity index (χ2v) is 5.63. The van der Waals surface area contributed by atoms with Crippen LogP contribution in [0, 0.1) is 6.92 Å². The third-order valence-corrected chi connectivity index (χ3v) is 2.81. The van der Waals surface area contributed by atoms with Crippen LogP contribution in [-0.2, 0) is 4.74 Å². The van der Waals surface area contributed by atoms with Gasteiger partial charge in [-0.15, -0.1) is 10.2 Å². The van der Waals surface area contributed by atoms with Crippen molar-refractivity contribution in [1.82, 2.24) is 20.1 Å². The minimum Gasteiger partial charge on any atom is -0.444 e. The number of likely N-dealkylation sites (tertiary alicyclic amines) is 1. The minimum atomic E-state index is -0.471. The normalized spacial score (nSPS) is 20.2. The van der Waals surface area contributed by atoms with E-state index in [-0.39, 0.29) is 12.1 Å². The molecule has 1 saturated heterocycles. The molecule has 0 aromatic carbocycles. The first-order valence-corrected chi connectivity index (χ1v) is 6.25. The summed E-state index contributed by atoms with van der Waals surface area (Å²) in [5, 5.41) is 8.02. The molecule has 1 atom stereocenters. The summed E-state index contributed by atoms with van der Waals surface area (Å²) in [6, 6.07) is -0.0407. The maximum Gasteiger partial charge on any atom is 0.410 e. The van der Waals surface area contributed by atoms with Gasteiger partial charge in [0.1, 0.15) is 11.4 Å². The number of aryl methyl sites for hydroxylation is 1. The summed E-state index contributed by atoms with van der Waals surface area (Å²) >= 11 is 0. The molecule has 0 aliphatic carbocycles. The van der Waals surface area contributed by atoms with Crippen LogP contribution in [-0.4, -0.2) is 38.3 Å². The first kappa shape index (κ1) is 12.9. The van der Waals surface area contributed by atoms with Crippen LogP contribution in [0.25, 0.3) is 0 Å². The Kier molecular flexibility index (Phi) is 3.28. The summed E-state index contributed by atoms with van der Waals surface area (Å²) in [4.78, 5) is 16.9. The second-order valence-electron chi connectivity index (χ2n) is 5.63. The quantitative estimate of drug-likeness (QED) is 0.831. The summed E-state index contributed by atoms with van der Waals surface area (Å²) in [7, 11) is 0. The van der Waals surface area contributed by atoms with Gasteiger partial charge in [0.25, 0.3) is 0 Å². The van der Waals surface area contributed by atoms with Gasteiger partial charge < -0.3 is 9.72 Å². The van der Waals surface area contributed by atoms with Crippen LogP contribution < -0.4 is 0 Å². The van der Waals surface area contributed by atoms with E-state index < -0.39 is 5.60 Å². The number of hydrogen-bond donors (Lipinski definition) is 1. The summed E-state index contributed by atoms with van der Waals surface area (Å²) < 4.78 is 5.41. The number of rotatable bonds is 1. The highest BCUT2D eigenvalue weighted by Crippen LogP contribution is 2.31. The van der Waals surface area contributed by atoms with Crippen LogP contribution in [0.15, 0.2) is 0 Å². The Bertz CT molecular complexity index is 436. The molecule has 100 valence electrons. The molecule has 0 spiro atoms. The lowest BCUT2D eigenvalue weighted by Gasteiger charge is -2.27. The highest BCUT2D eigenvalue weighted by molar-refractivity contribution is 5.69. The van der Waals surface area contributed by atoms with Gasteiger partial charge in [-0.2, -0.15) is 0 Å². The summed E-state index contributed by atoms with van der Waals surface area (Å²) in [5.41, 5.74) is -0.471. The van der Waals surface area contributed by atoms with E-state index in [1.807, 2.05) is 27.7 Å². The molecule has 0 saturated carbocycles. The van der Waals surface area contributed by atoms with Crippen molar-refractivity contribution in [2.24, 2.45) is 0 Å². The Hall–Kier alpha value is -1.59. The number of aromatic nitrogens is 3. The zero-order valence-corrected chi connectivity index (χ0v) is 11.4. The highest BCUT2D eigenvalue weighted by atomic mass is 16.6. The molecule has 1 aromatic rings. The highest BCUT2D eigenvalue weighted by Gasteiger charge is 2.34. The number of H-pyrrole nitrogens is 1. The molecule has 1 fully saturated rings. The summed E-state index contributed by atoms with van der Waals surface area (Å²) in [6.07, 6.45) is 1.58. The van der Waals surface area contributed by atoms with E-state index in [0.717, 1.165) is 24.5 Å². The van der Waals surface area contributed by atoms with E-state index in [4.69, 9.17) is 4.74 Å². The third kappa shape index (κ3) is 2.80.